The SMILES string of the molecule is O=C(c1cc(Cl)cn1C1CC1)N1CCCNCC1. The first kappa shape index (κ1) is 12.1. The van der Waals surface area contributed by atoms with E-state index in [2.05, 4.69) is 9.88 Å². The molecule has 0 spiro atoms. The molecule has 2 aliphatic rings. The van der Waals surface area contributed by atoms with Crippen molar-refractivity contribution in [3.63, 3.8) is 0 Å². The predicted molar refractivity (Wildman–Crippen MR) is 71.1 cm³/mol. The first-order valence-corrected chi connectivity index (χ1v) is 7.01. The average molecular weight is 268 g/mol. The Morgan fingerprint density at radius 1 is 1.33 bits per heavy atom. The maximum absolute atomic E-state index is 12.5. The van der Waals surface area contributed by atoms with Crippen molar-refractivity contribution in [2.24, 2.45) is 0 Å². The Bertz CT molecular complexity index is 445. The molecule has 4 nitrogen and oxygen atoms in total. The van der Waals surface area contributed by atoms with Crippen molar-refractivity contribution in [1.29, 1.82) is 0 Å². The molecule has 0 radical (unpaired) electrons. The fourth-order valence-corrected chi connectivity index (χ4v) is 2.69. The number of hydrogen-bond donors (Lipinski definition) is 1. The average Bonchev–Trinajstić information content (AvgIpc) is 3.16. The molecule has 0 bridgehead atoms. The minimum absolute atomic E-state index is 0.123. The Labute approximate surface area is 112 Å². The molecule has 1 saturated heterocycles. The Balaban J connectivity index is 1.82. The second kappa shape index (κ2) is 4.94. The van der Waals surface area contributed by atoms with Gasteiger partial charge in [0, 0.05) is 31.9 Å². The molecule has 1 aliphatic heterocycles. The number of aromatic nitrogens is 1. The van der Waals surface area contributed by atoms with Crippen LogP contribution in [0.4, 0.5) is 0 Å². The summed E-state index contributed by atoms with van der Waals surface area (Å²) in [5, 5.41) is 3.98. The zero-order valence-electron chi connectivity index (χ0n) is 10.4. The van der Waals surface area contributed by atoms with Crippen molar-refractivity contribution in [3.8, 4) is 0 Å². The zero-order valence-corrected chi connectivity index (χ0v) is 11.1. The van der Waals surface area contributed by atoms with Crippen molar-refractivity contribution < 1.29 is 4.79 Å². The smallest absolute Gasteiger partial charge is 0.270 e. The fraction of sp³-hybridized carbons (Fsp3) is 0.615. The molecule has 2 heterocycles. The minimum Gasteiger partial charge on any atom is -0.339 e. The third kappa shape index (κ3) is 2.40. The van der Waals surface area contributed by atoms with Crippen LogP contribution in [-0.2, 0) is 0 Å². The van der Waals surface area contributed by atoms with Crippen LogP contribution >= 0.6 is 11.6 Å². The van der Waals surface area contributed by atoms with Crippen molar-refractivity contribution >= 4 is 17.5 Å². The van der Waals surface area contributed by atoms with E-state index in [1.807, 2.05) is 11.1 Å². The Kier molecular flexibility index (Phi) is 3.31. The monoisotopic (exact) mass is 267 g/mol. The summed E-state index contributed by atoms with van der Waals surface area (Å²) in [4.78, 5) is 14.5. The van der Waals surface area contributed by atoms with Crippen LogP contribution in [0.2, 0.25) is 5.02 Å². The van der Waals surface area contributed by atoms with Gasteiger partial charge in [0.15, 0.2) is 0 Å². The third-order valence-corrected chi connectivity index (χ3v) is 3.81. The van der Waals surface area contributed by atoms with Crippen molar-refractivity contribution in [2.45, 2.75) is 25.3 Å². The summed E-state index contributed by atoms with van der Waals surface area (Å²) in [5.74, 6) is 0.123. The second-order valence-corrected chi connectivity index (χ2v) is 5.51. The van der Waals surface area contributed by atoms with Gasteiger partial charge in [0.2, 0.25) is 0 Å². The van der Waals surface area contributed by atoms with Gasteiger partial charge in [0.25, 0.3) is 5.91 Å². The molecular formula is C13H18ClN3O. The van der Waals surface area contributed by atoms with E-state index in [-0.39, 0.29) is 5.91 Å². The molecule has 1 aliphatic carbocycles. The maximum atomic E-state index is 12.5. The number of nitrogens with zero attached hydrogens (tertiary/aromatic N) is 2. The first-order chi connectivity index (χ1) is 8.75. The summed E-state index contributed by atoms with van der Waals surface area (Å²) in [6, 6.07) is 2.29. The maximum Gasteiger partial charge on any atom is 0.270 e. The molecule has 3 rings (SSSR count). The molecule has 1 aromatic rings. The van der Waals surface area contributed by atoms with Gasteiger partial charge >= 0.3 is 0 Å². The van der Waals surface area contributed by atoms with Crippen LogP contribution in [0.5, 0.6) is 0 Å². The van der Waals surface area contributed by atoms with Crippen molar-refractivity contribution in [1.82, 2.24) is 14.8 Å². The molecule has 0 unspecified atom stereocenters. The highest BCUT2D eigenvalue weighted by molar-refractivity contribution is 6.31. The van der Waals surface area contributed by atoms with Gasteiger partial charge in [0.05, 0.1) is 5.02 Å². The topological polar surface area (TPSA) is 37.3 Å². The Hall–Kier alpha value is -1.00. The van der Waals surface area contributed by atoms with Crippen LogP contribution in [0, 0.1) is 0 Å². The van der Waals surface area contributed by atoms with Crippen LogP contribution in [0.1, 0.15) is 35.8 Å². The molecule has 0 aromatic carbocycles. The minimum atomic E-state index is 0.123. The molecule has 1 saturated carbocycles. The second-order valence-electron chi connectivity index (χ2n) is 5.08. The van der Waals surface area contributed by atoms with Gasteiger partial charge in [-0.15, -0.1) is 0 Å². The lowest BCUT2D eigenvalue weighted by atomic mass is 10.3. The van der Waals surface area contributed by atoms with Crippen molar-refractivity contribution in [2.75, 3.05) is 26.2 Å². The molecule has 1 aromatic heterocycles. The molecule has 98 valence electrons. The van der Waals surface area contributed by atoms with Crippen LogP contribution in [0.3, 0.4) is 0 Å². The van der Waals surface area contributed by atoms with E-state index < -0.39 is 0 Å². The van der Waals surface area contributed by atoms with Crippen molar-refractivity contribution in [3.05, 3.63) is 23.0 Å². The van der Waals surface area contributed by atoms with E-state index >= 15 is 0 Å². The molecule has 1 N–H and O–H groups in total. The number of rotatable bonds is 2. The van der Waals surface area contributed by atoms with Gasteiger partial charge < -0.3 is 14.8 Å². The fourth-order valence-electron chi connectivity index (χ4n) is 2.48. The van der Waals surface area contributed by atoms with Gasteiger partial charge in [-0.2, -0.15) is 0 Å². The van der Waals surface area contributed by atoms with E-state index in [0.29, 0.717) is 11.1 Å². The van der Waals surface area contributed by atoms with Crippen LogP contribution in [0.25, 0.3) is 0 Å². The molecule has 2 fully saturated rings. The van der Waals surface area contributed by atoms with E-state index in [0.717, 1.165) is 51.1 Å². The van der Waals surface area contributed by atoms with Crippen LogP contribution < -0.4 is 5.32 Å². The molecule has 5 heteroatoms. The van der Waals surface area contributed by atoms with Crippen LogP contribution in [-0.4, -0.2) is 41.6 Å². The molecule has 0 atom stereocenters. The largest absolute Gasteiger partial charge is 0.339 e. The van der Waals surface area contributed by atoms with Gasteiger partial charge in [-0.1, -0.05) is 11.6 Å². The zero-order chi connectivity index (χ0) is 12.5. The lowest BCUT2D eigenvalue weighted by molar-refractivity contribution is 0.0755. The summed E-state index contributed by atoms with van der Waals surface area (Å²) < 4.78 is 2.06. The van der Waals surface area contributed by atoms with E-state index in [1.54, 1.807) is 6.07 Å². The summed E-state index contributed by atoms with van der Waals surface area (Å²) in [6.07, 6.45) is 5.23. The van der Waals surface area contributed by atoms with Crippen LogP contribution in [0.15, 0.2) is 12.3 Å². The highest BCUT2D eigenvalue weighted by atomic mass is 35.5. The van der Waals surface area contributed by atoms with E-state index in [9.17, 15) is 4.79 Å². The Morgan fingerprint density at radius 2 is 2.17 bits per heavy atom. The summed E-state index contributed by atoms with van der Waals surface area (Å²) in [7, 11) is 0. The number of halogens is 1. The number of hydrogen-bond acceptors (Lipinski definition) is 2. The number of carbonyl (C=O) groups is 1. The van der Waals surface area contributed by atoms with Gasteiger partial charge in [-0.3, -0.25) is 4.79 Å². The lowest BCUT2D eigenvalue weighted by Gasteiger charge is -2.20. The summed E-state index contributed by atoms with van der Waals surface area (Å²) >= 11 is 6.05. The summed E-state index contributed by atoms with van der Waals surface area (Å²) in [5.41, 5.74) is 0.754. The molecule has 1 amide bonds. The Morgan fingerprint density at radius 3 is 2.94 bits per heavy atom. The lowest BCUT2D eigenvalue weighted by Crippen LogP contribution is -2.35. The van der Waals surface area contributed by atoms with Gasteiger partial charge in [-0.25, -0.2) is 0 Å². The molecular weight excluding hydrogens is 250 g/mol. The number of carbonyl (C=O) groups excluding carboxylic acids is 1. The number of nitrogens with one attached hydrogen (secondary N) is 1. The third-order valence-electron chi connectivity index (χ3n) is 3.60. The normalized spacial score (nSPS) is 20.8. The first-order valence-electron chi connectivity index (χ1n) is 6.63. The predicted octanol–water partition coefficient (Wildman–Crippen LogP) is 1.91. The standard InChI is InChI=1S/C13H18ClN3O/c14-10-8-12(17(9-10)11-2-3-11)13(18)16-6-1-4-15-5-7-16/h8-9,11,15H,1-7H2. The van der Waals surface area contributed by atoms with Gasteiger partial charge in [0.1, 0.15) is 5.69 Å². The van der Waals surface area contributed by atoms with E-state index in [1.165, 1.54) is 0 Å². The van der Waals surface area contributed by atoms with E-state index in [4.69, 9.17) is 11.6 Å². The quantitative estimate of drug-likeness (QED) is 0.889. The number of amides is 1. The van der Waals surface area contributed by atoms with Gasteiger partial charge in [-0.05, 0) is 31.9 Å². The highest BCUT2D eigenvalue weighted by Crippen LogP contribution is 2.37. The molecule has 18 heavy (non-hydrogen) atoms. The highest BCUT2D eigenvalue weighted by Gasteiger charge is 2.29. The summed E-state index contributed by atoms with van der Waals surface area (Å²) in [6.45, 7) is 3.49.